The van der Waals surface area contributed by atoms with Gasteiger partial charge in [-0.15, -0.1) is 0 Å². The zero-order chi connectivity index (χ0) is 22.1. The van der Waals surface area contributed by atoms with Crippen molar-refractivity contribution in [2.24, 2.45) is 5.10 Å². The second-order valence-electron chi connectivity index (χ2n) is 7.78. The van der Waals surface area contributed by atoms with Gasteiger partial charge < -0.3 is 5.11 Å². The Morgan fingerprint density at radius 1 is 1.13 bits per heavy atom. The van der Waals surface area contributed by atoms with Crippen molar-refractivity contribution < 1.29 is 14.7 Å². The number of hydrogen-bond donors (Lipinski definition) is 1. The number of benzene rings is 2. The molecule has 6 nitrogen and oxygen atoms in total. The Bertz CT molecular complexity index is 1200. The molecule has 0 aliphatic carbocycles. The summed E-state index contributed by atoms with van der Waals surface area (Å²) in [5, 5.41) is 16.2. The van der Waals surface area contributed by atoms with Gasteiger partial charge in [0.15, 0.2) is 0 Å². The largest absolute Gasteiger partial charge is 0.481 e. The van der Waals surface area contributed by atoms with E-state index in [1.807, 2.05) is 62.4 Å². The monoisotopic (exact) mass is 435 g/mol. The van der Waals surface area contributed by atoms with Crippen LogP contribution in [0, 0.1) is 13.8 Å². The van der Waals surface area contributed by atoms with Crippen molar-refractivity contribution >= 4 is 40.1 Å². The molecule has 1 atom stereocenters. The summed E-state index contributed by atoms with van der Waals surface area (Å²) < 4.78 is 0. The molecule has 0 spiro atoms. The van der Waals surface area contributed by atoms with Crippen molar-refractivity contribution in [3.05, 3.63) is 75.9 Å². The summed E-state index contributed by atoms with van der Waals surface area (Å²) in [6, 6.07) is 15.3. The van der Waals surface area contributed by atoms with Crippen LogP contribution in [-0.4, -0.2) is 32.7 Å². The molecular formula is C24H22ClN3O3. The first-order valence-electron chi connectivity index (χ1n) is 10.1. The van der Waals surface area contributed by atoms with E-state index in [0.29, 0.717) is 17.1 Å². The summed E-state index contributed by atoms with van der Waals surface area (Å²) >= 11 is 6.57. The Balaban J connectivity index is 1.75. The average Bonchev–Trinajstić information content (AvgIpc) is 3.18. The number of amides is 1. The van der Waals surface area contributed by atoms with Crippen LogP contribution in [0.1, 0.15) is 47.6 Å². The number of hydrogen-bond acceptors (Lipinski definition) is 4. The number of halogens is 1. The van der Waals surface area contributed by atoms with Gasteiger partial charge >= 0.3 is 5.97 Å². The van der Waals surface area contributed by atoms with Crippen LogP contribution in [0.5, 0.6) is 0 Å². The van der Waals surface area contributed by atoms with Crippen molar-refractivity contribution in [3.63, 3.8) is 0 Å². The number of carbonyl (C=O) groups excluding carboxylic acids is 1. The number of rotatable bonds is 5. The number of aromatic nitrogens is 1. The maximum Gasteiger partial charge on any atom is 0.303 e. The Morgan fingerprint density at radius 3 is 2.58 bits per heavy atom. The first kappa shape index (κ1) is 21.0. The average molecular weight is 436 g/mol. The third-order valence-corrected chi connectivity index (χ3v) is 5.79. The molecule has 4 rings (SSSR count). The van der Waals surface area contributed by atoms with Gasteiger partial charge in [-0.3, -0.25) is 9.59 Å². The zero-order valence-corrected chi connectivity index (χ0v) is 18.1. The Hall–Kier alpha value is -3.25. The summed E-state index contributed by atoms with van der Waals surface area (Å²) in [6.45, 7) is 3.98. The minimum absolute atomic E-state index is 0.131. The number of hydrazone groups is 1. The van der Waals surface area contributed by atoms with E-state index < -0.39 is 12.0 Å². The molecule has 7 heteroatoms. The summed E-state index contributed by atoms with van der Waals surface area (Å²) in [4.78, 5) is 28.4. The number of fused-ring (bicyclic) bond motifs is 1. The first-order valence-corrected chi connectivity index (χ1v) is 10.5. The number of carboxylic acid groups (broad SMARTS) is 1. The number of pyridine rings is 1. The highest BCUT2D eigenvalue weighted by Crippen LogP contribution is 2.38. The fourth-order valence-electron chi connectivity index (χ4n) is 3.81. The topological polar surface area (TPSA) is 82.9 Å². The van der Waals surface area contributed by atoms with E-state index in [9.17, 15) is 9.59 Å². The van der Waals surface area contributed by atoms with Crippen LogP contribution in [0.4, 0.5) is 0 Å². The molecule has 0 unspecified atom stereocenters. The van der Waals surface area contributed by atoms with Gasteiger partial charge in [0.1, 0.15) is 5.15 Å². The fraction of sp³-hybridized carbons (Fsp3) is 0.250. The van der Waals surface area contributed by atoms with E-state index in [2.05, 4.69) is 10.1 Å². The van der Waals surface area contributed by atoms with Crippen LogP contribution in [0.3, 0.4) is 0 Å². The van der Waals surface area contributed by atoms with E-state index in [0.717, 1.165) is 33.3 Å². The lowest BCUT2D eigenvalue weighted by Gasteiger charge is -2.23. The molecule has 0 radical (unpaired) electrons. The summed E-state index contributed by atoms with van der Waals surface area (Å²) in [7, 11) is 0. The van der Waals surface area contributed by atoms with Crippen molar-refractivity contribution in [3.8, 4) is 0 Å². The molecule has 2 heterocycles. The van der Waals surface area contributed by atoms with Crippen LogP contribution >= 0.6 is 11.6 Å². The highest BCUT2D eigenvalue weighted by molar-refractivity contribution is 6.30. The third kappa shape index (κ3) is 4.30. The van der Waals surface area contributed by atoms with Gasteiger partial charge in [0.25, 0.3) is 0 Å². The zero-order valence-electron chi connectivity index (χ0n) is 17.3. The molecule has 0 bridgehead atoms. The van der Waals surface area contributed by atoms with Crippen LogP contribution in [0.25, 0.3) is 10.9 Å². The predicted molar refractivity (Wildman–Crippen MR) is 120 cm³/mol. The lowest BCUT2D eigenvalue weighted by Crippen LogP contribution is -2.27. The lowest BCUT2D eigenvalue weighted by molar-refractivity contribution is -0.141. The lowest BCUT2D eigenvalue weighted by atomic mass is 9.97. The number of aliphatic carboxylic acids is 1. The Labute approximate surface area is 185 Å². The predicted octanol–water partition coefficient (Wildman–Crippen LogP) is 5.05. The molecular weight excluding hydrogens is 414 g/mol. The molecule has 1 N–H and O–H groups in total. The molecule has 1 aromatic heterocycles. The van der Waals surface area contributed by atoms with E-state index >= 15 is 0 Å². The van der Waals surface area contributed by atoms with Gasteiger partial charge in [-0.25, -0.2) is 9.99 Å². The fourth-order valence-corrected chi connectivity index (χ4v) is 4.07. The molecule has 1 aliphatic rings. The number of carbonyl (C=O) groups is 2. The quantitative estimate of drug-likeness (QED) is 0.568. The van der Waals surface area contributed by atoms with Crippen molar-refractivity contribution in [2.45, 2.75) is 39.2 Å². The molecule has 2 aromatic carbocycles. The van der Waals surface area contributed by atoms with Crippen LogP contribution in [0.2, 0.25) is 5.15 Å². The van der Waals surface area contributed by atoms with Crippen LogP contribution in [0.15, 0.2) is 53.6 Å². The standard InChI is InChI=1S/C24H22ClN3O3/c1-14-6-8-16(9-7-14)19-13-20(28(27-19)21(29)10-11-22(30)31)18-12-17-5-3-4-15(2)23(17)26-24(18)25/h3-9,12,20H,10-11,13H2,1-2H3,(H,30,31)/t20-/m1/s1. The van der Waals surface area contributed by atoms with E-state index in [1.54, 1.807) is 0 Å². The third-order valence-electron chi connectivity index (χ3n) is 5.49. The molecule has 0 saturated heterocycles. The van der Waals surface area contributed by atoms with Crippen molar-refractivity contribution in [1.82, 2.24) is 9.99 Å². The van der Waals surface area contributed by atoms with E-state index in [1.165, 1.54) is 5.01 Å². The molecule has 1 amide bonds. The number of carboxylic acids is 1. The van der Waals surface area contributed by atoms with Crippen LogP contribution < -0.4 is 0 Å². The number of nitrogens with zero attached hydrogens (tertiary/aromatic N) is 3. The Morgan fingerprint density at radius 2 is 1.87 bits per heavy atom. The summed E-state index contributed by atoms with van der Waals surface area (Å²) in [6.07, 6.45) is 0.0924. The van der Waals surface area contributed by atoms with Gasteiger partial charge in [-0.2, -0.15) is 5.10 Å². The Kier molecular flexibility index (Phi) is 5.74. The van der Waals surface area contributed by atoms with Gasteiger partial charge in [-0.1, -0.05) is 59.6 Å². The molecule has 3 aromatic rings. The SMILES string of the molecule is Cc1ccc(C2=NN(C(=O)CCC(=O)O)[C@@H](c3cc4cccc(C)c4nc3Cl)C2)cc1. The second kappa shape index (κ2) is 8.47. The molecule has 31 heavy (non-hydrogen) atoms. The van der Waals surface area contributed by atoms with Gasteiger partial charge in [-0.05, 0) is 31.0 Å². The van der Waals surface area contributed by atoms with Gasteiger partial charge in [0.2, 0.25) is 5.91 Å². The van der Waals surface area contributed by atoms with Gasteiger partial charge in [0, 0.05) is 23.8 Å². The summed E-state index contributed by atoms with van der Waals surface area (Å²) in [5.74, 6) is -1.37. The van der Waals surface area contributed by atoms with Crippen molar-refractivity contribution in [1.29, 1.82) is 0 Å². The number of aryl methyl sites for hydroxylation is 2. The molecule has 1 aliphatic heterocycles. The van der Waals surface area contributed by atoms with Gasteiger partial charge in [0.05, 0.1) is 23.7 Å². The minimum Gasteiger partial charge on any atom is -0.481 e. The summed E-state index contributed by atoms with van der Waals surface area (Å²) in [5.41, 5.74) is 5.35. The molecule has 0 fully saturated rings. The number of para-hydroxylation sites is 1. The molecule has 0 saturated carbocycles. The van der Waals surface area contributed by atoms with E-state index in [4.69, 9.17) is 16.7 Å². The smallest absolute Gasteiger partial charge is 0.303 e. The maximum atomic E-state index is 12.9. The first-order chi connectivity index (χ1) is 14.8. The second-order valence-corrected chi connectivity index (χ2v) is 8.14. The van der Waals surface area contributed by atoms with Crippen LogP contribution in [-0.2, 0) is 9.59 Å². The highest BCUT2D eigenvalue weighted by Gasteiger charge is 2.35. The van der Waals surface area contributed by atoms with Crippen molar-refractivity contribution in [2.75, 3.05) is 0 Å². The maximum absolute atomic E-state index is 12.9. The minimum atomic E-state index is -1.02. The van der Waals surface area contributed by atoms with E-state index in [-0.39, 0.29) is 18.7 Å². The molecule has 158 valence electrons. The highest BCUT2D eigenvalue weighted by atomic mass is 35.5. The normalized spacial score (nSPS) is 15.9.